The summed E-state index contributed by atoms with van der Waals surface area (Å²) < 4.78 is 5.46. The largest absolute Gasteiger partial charge is 0.444 e. The fraction of sp³-hybridized carbons (Fsp3) is 0.680. The van der Waals surface area contributed by atoms with E-state index in [9.17, 15) is 19.7 Å². The van der Waals surface area contributed by atoms with Crippen LogP contribution < -0.4 is 5.32 Å². The van der Waals surface area contributed by atoms with Crippen molar-refractivity contribution in [1.29, 1.82) is 0 Å². The van der Waals surface area contributed by atoms with Gasteiger partial charge in [0.25, 0.3) is 5.69 Å². The van der Waals surface area contributed by atoms with E-state index in [0.717, 1.165) is 55.6 Å². The molecule has 0 spiro atoms. The van der Waals surface area contributed by atoms with Crippen LogP contribution in [-0.2, 0) is 9.53 Å². The zero-order chi connectivity index (χ0) is 24.9. The maximum absolute atomic E-state index is 13.3. The number of nitrogens with zero attached hydrogens (tertiary/aromatic N) is 2. The zero-order valence-electron chi connectivity index (χ0n) is 20.6. The Balaban J connectivity index is 1.56. The number of likely N-dealkylation sites (N-methyl/N-ethyl adjacent to an activating group) is 1. The van der Waals surface area contributed by atoms with E-state index in [1.807, 2.05) is 32.7 Å². The smallest absolute Gasteiger partial charge is 0.408 e. The second-order valence-electron chi connectivity index (χ2n) is 10.5. The number of nitro groups is 1. The summed E-state index contributed by atoms with van der Waals surface area (Å²) in [6.45, 7) is 5.45. The fourth-order valence-corrected chi connectivity index (χ4v) is 5.65. The van der Waals surface area contributed by atoms with Crippen LogP contribution in [0.1, 0.15) is 65.7 Å². The third-order valence-electron chi connectivity index (χ3n) is 6.80. The number of carbonyl (C=O) groups is 2. The Hall–Kier alpha value is -2.29. The van der Waals surface area contributed by atoms with Gasteiger partial charge in [0, 0.05) is 35.9 Å². The van der Waals surface area contributed by atoms with Gasteiger partial charge in [0.15, 0.2) is 0 Å². The molecule has 0 radical (unpaired) electrons. The van der Waals surface area contributed by atoms with E-state index >= 15 is 0 Å². The number of ether oxygens (including phenoxy) is 1. The number of alkyl carbamates (subject to hydrolysis) is 1. The van der Waals surface area contributed by atoms with Crippen molar-refractivity contribution in [1.82, 2.24) is 10.2 Å². The number of benzene rings is 1. The number of non-ortho nitro benzene ring substituents is 1. The molecule has 1 aromatic carbocycles. The molecule has 8 nitrogen and oxygen atoms in total. The number of rotatable bonds is 8. The third kappa shape index (κ3) is 7.35. The van der Waals surface area contributed by atoms with Crippen LogP contribution >= 0.6 is 11.8 Å². The Labute approximate surface area is 206 Å². The van der Waals surface area contributed by atoms with Crippen LogP contribution in [-0.4, -0.2) is 52.3 Å². The predicted octanol–water partition coefficient (Wildman–Crippen LogP) is 5.40. The minimum absolute atomic E-state index is 0.0146. The van der Waals surface area contributed by atoms with Crippen LogP contribution in [0.4, 0.5) is 10.5 Å². The number of nitrogens with one attached hydrogen (secondary N) is 1. The van der Waals surface area contributed by atoms with Gasteiger partial charge in [-0.25, -0.2) is 4.79 Å². The van der Waals surface area contributed by atoms with E-state index in [2.05, 4.69) is 5.32 Å². The number of hydrogen-bond donors (Lipinski definition) is 1. The number of amides is 2. The second kappa shape index (κ2) is 11.4. The molecule has 0 aromatic heterocycles. The number of carbonyl (C=O) groups excluding carboxylic acids is 2. The van der Waals surface area contributed by atoms with Crippen molar-refractivity contribution < 1.29 is 19.2 Å². The van der Waals surface area contributed by atoms with E-state index in [-0.39, 0.29) is 28.5 Å². The highest BCUT2D eigenvalue weighted by Crippen LogP contribution is 2.36. The number of nitro benzene ring substituents is 1. The van der Waals surface area contributed by atoms with E-state index in [1.165, 1.54) is 12.1 Å². The Bertz CT molecular complexity index is 858. The van der Waals surface area contributed by atoms with Crippen molar-refractivity contribution in [2.24, 2.45) is 11.8 Å². The summed E-state index contributed by atoms with van der Waals surface area (Å²) in [5, 5.41) is 13.7. The highest BCUT2D eigenvalue weighted by molar-refractivity contribution is 7.99. The van der Waals surface area contributed by atoms with Gasteiger partial charge in [0.2, 0.25) is 5.91 Å². The maximum Gasteiger partial charge on any atom is 0.408 e. The molecule has 34 heavy (non-hydrogen) atoms. The van der Waals surface area contributed by atoms with Gasteiger partial charge in [-0.15, -0.1) is 11.8 Å². The van der Waals surface area contributed by atoms with Crippen LogP contribution in [0.3, 0.4) is 0 Å². The summed E-state index contributed by atoms with van der Waals surface area (Å²) in [6, 6.07) is 6.37. The Morgan fingerprint density at radius 1 is 1.15 bits per heavy atom. The molecule has 188 valence electrons. The van der Waals surface area contributed by atoms with Crippen LogP contribution in [0.5, 0.6) is 0 Å². The molecule has 0 bridgehead atoms. The Morgan fingerprint density at radius 3 is 2.26 bits per heavy atom. The molecule has 1 unspecified atom stereocenters. The first-order valence-electron chi connectivity index (χ1n) is 12.2. The molecular formula is C25H37N3O5S. The van der Waals surface area contributed by atoms with E-state index in [4.69, 9.17) is 4.74 Å². The summed E-state index contributed by atoms with van der Waals surface area (Å²) >= 11 is 1.71. The Kier molecular flexibility index (Phi) is 8.84. The standard InChI is InChI=1S/C25H37N3O5S/c1-25(2,3)33-24(30)26-22(23(29)27(4)19-6-5-7-19)18-10-8-17(9-11-18)16-34-21-14-12-20(13-15-21)28(31)32/h12-15,17-19,22H,5-11,16H2,1-4H3,(H,26,30). The zero-order valence-corrected chi connectivity index (χ0v) is 21.4. The minimum Gasteiger partial charge on any atom is -0.444 e. The highest BCUT2D eigenvalue weighted by Gasteiger charge is 2.38. The lowest BCUT2D eigenvalue weighted by molar-refractivity contribution is -0.384. The summed E-state index contributed by atoms with van der Waals surface area (Å²) in [7, 11) is 1.85. The SMILES string of the molecule is CN(C(=O)C(NC(=O)OC(C)(C)C)C1CCC(CSc2ccc([N+](=O)[O-])cc2)CC1)C1CCC1. The molecule has 2 saturated carbocycles. The minimum atomic E-state index is -0.621. The molecule has 2 amide bonds. The first kappa shape index (κ1) is 26.3. The van der Waals surface area contributed by atoms with E-state index in [1.54, 1.807) is 23.9 Å². The Morgan fingerprint density at radius 2 is 1.76 bits per heavy atom. The molecular weight excluding hydrogens is 454 g/mol. The second-order valence-corrected chi connectivity index (χ2v) is 11.6. The van der Waals surface area contributed by atoms with Gasteiger partial charge >= 0.3 is 6.09 Å². The molecule has 0 saturated heterocycles. The van der Waals surface area contributed by atoms with Crippen LogP contribution in [0.15, 0.2) is 29.2 Å². The fourth-order valence-electron chi connectivity index (χ4n) is 4.56. The normalized spacial score (nSPS) is 21.8. The maximum atomic E-state index is 13.3. The quantitative estimate of drug-likeness (QED) is 0.297. The lowest BCUT2D eigenvalue weighted by Crippen LogP contribution is -2.55. The number of hydrogen-bond acceptors (Lipinski definition) is 6. The van der Waals surface area contributed by atoms with Gasteiger partial charge in [-0.1, -0.05) is 0 Å². The highest BCUT2D eigenvalue weighted by atomic mass is 32.2. The van der Waals surface area contributed by atoms with Gasteiger partial charge in [0.1, 0.15) is 11.6 Å². The van der Waals surface area contributed by atoms with Gasteiger partial charge in [-0.2, -0.15) is 0 Å². The van der Waals surface area contributed by atoms with E-state index in [0.29, 0.717) is 5.92 Å². The van der Waals surface area contributed by atoms with Crippen molar-refractivity contribution in [3.05, 3.63) is 34.4 Å². The lowest BCUT2D eigenvalue weighted by atomic mass is 9.78. The molecule has 0 heterocycles. The molecule has 1 aromatic rings. The van der Waals surface area contributed by atoms with Gasteiger partial charge in [0.05, 0.1) is 4.92 Å². The summed E-state index contributed by atoms with van der Waals surface area (Å²) in [5.74, 6) is 1.52. The van der Waals surface area contributed by atoms with Crippen molar-refractivity contribution in [2.75, 3.05) is 12.8 Å². The van der Waals surface area contributed by atoms with Crippen LogP contribution in [0.25, 0.3) is 0 Å². The van der Waals surface area contributed by atoms with Gasteiger partial charge in [-0.3, -0.25) is 14.9 Å². The van der Waals surface area contributed by atoms with E-state index < -0.39 is 17.7 Å². The first-order chi connectivity index (χ1) is 16.0. The predicted molar refractivity (Wildman–Crippen MR) is 133 cm³/mol. The van der Waals surface area contributed by atoms with Crippen molar-refractivity contribution in [2.45, 2.75) is 88.3 Å². The average Bonchev–Trinajstić information content (AvgIpc) is 2.74. The topological polar surface area (TPSA) is 102 Å². The molecule has 3 rings (SSSR count). The lowest BCUT2D eigenvalue weighted by Gasteiger charge is -2.40. The monoisotopic (exact) mass is 491 g/mol. The van der Waals surface area contributed by atoms with Crippen molar-refractivity contribution in [3.63, 3.8) is 0 Å². The molecule has 1 N–H and O–H groups in total. The van der Waals surface area contributed by atoms with Crippen molar-refractivity contribution in [3.8, 4) is 0 Å². The van der Waals surface area contributed by atoms with Crippen LogP contribution in [0, 0.1) is 22.0 Å². The van der Waals surface area contributed by atoms with Crippen LogP contribution in [0.2, 0.25) is 0 Å². The molecule has 2 aliphatic carbocycles. The third-order valence-corrected chi connectivity index (χ3v) is 8.05. The summed E-state index contributed by atoms with van der Waals surface area (Å²) in [6.07, 6.45) is 6.36. The molecule has 2 fully saturated rings. The summed E-state index contributed by atoms with van der Waals surface area (Å²) in [5.41, 5.74) is -0.519. The summed E-state index contributed by atoms with van der Waals surface area (Å²) in [4.78, 5) is 39.2. The molecule has 0 aliphatic heterocycles. The molecule has 2 aliphatic rings. The van der Waals surface area contributed by atoms with Crippen molar-refractivity contribution >= 4 is 29.4 Å². The molecule has 9 heteroatoms. The van der Waals surface area contributed by atoms with Gasteiger partial charge < -0.3 is 15.0 Å². The van der Waals surface area contributed by atoms with Gasteiger partial charge in [-0.05, 0) is 89.7 Å². The number of thioether (sulfide) groups is 1. The first-order valence-corrected chi connectivity index (χ1v) is 13.2. The molecule has 1 atom stereocenters. The average molecular weight is 492 g/mol.